The number of aromatic nitrogens is 1. The number of anilines is 1. The van der Waals surface area contributed by atoms with Crippen molar-refractivity contribution in [3.63, 3.8) is 0 Å². The first kappa shape index (κ1) is 6.04. The molecule has 0 amide bonds. The third kappa shape index (κ3) is 1.40. The molecule has 0 unspecified atom stereocenters. The first-order valence-corrected chi connectivity index (χ1v) is 2.65. The minimum atomic E-state index is 0.669. The summed E-state index contributed by atoms with van der Waals surface area (Å²) >= 11 is 0. The first-order valence-electron chi connectivity index (χ1n) is 2.65. The van der Waals surface area contributed by atoms with Crippen LogP contribution >= 0.6 is 0 Å². The lowest BCUT2D eigenvalue weighted by molar-refractivity contribution is 0.389. The highest BCUT2D eigenvalue weighted by atomic mass is 16.5. The van der Waals surface area contributed by atoms with Gasteiger partial charge in [-0.05, 0) is 19.1 Å². The van der Waals surface area contributed by atoms with E-state index >= 15 is 0 Å². The molecule has 1 rings (SSSR count). The summed E-state index contributed by atoms with van der Waals surface area (Å²) in [7, 11) is 0. The summed E-state index contributed by atoms with van der Waals surface area (Å²) < 4.78 is 0. The zero-order valence-corrected chi connectivity index (χ0v) is 5.13. The summed E-state index contributed by atoms with van der Waals surface area (Å²) in [6.45, 7) is 1.86. The number of aryl methyl sites for hydroxylation is 1. The van der Waals surface area contributed by atoms with Gasteiger partial charge in [-0.2, -0.15) is 0 Å². The topological polar surface area (TPSA) is 45.1 Å². The molecule has 1 heterocycles. The number of hydrogen-bond donors (Lipinski definition) is 2. The van der Waals surface area contributed by atoms with E-state index in [9.17, 15) is 0 Å². The van der Waals surface area contributed by atoms with Gasteiger partial charge in [-0.25, -0.2) is 0 Å². The molecular weight excluding hydrogens is 116 g/mol. The molecule has 2 N–H and O–H groups in total. The molecule has 0 aromatic carbocycles. The fraction of sp³-hybridized carbons (Fsp3) is 0.167. The van der Waals surface area contributed by atoms with Gasteiger partial charge in [0.05, 0.1) is 5.69 Å². The average molecular weight is 124 g/mol. The molecule has 0 bridgehead atoms. The molecule has 0 saturated carbocycles. The van der Waals surface area contributed by atoms with E-state index in [4.69, 9.17) is 5.21 Å². The van der Waals surface area contributed by atoms with Crippen LogP contribution in [0.25, 0.3) is 0 Å². The van der Waals surface area contributed by atoms with Crippen LogP contribution in [0.5, 0.6) is 0 Å². The van der Waals surface area contributed by atoms with Gasteiger partial charge in [-0.3, -0.25) is 15.7 Å². The van der Waals surface area contributed by atoms with E-state index in [2.05, 4.69) is 4.98 Å². The van der Waals surface area contributed by atoms with E-state index in [0.29, 0.717) is 5.69 Å². The highest BCUT2D eigenvalue weighted by Crippen LogP contribution is 2.04. The average Bonchev–Trinajstić information content (AvgIpc) is 1.88. The van der Waals surface area contributed by atoms with Gasteiger partial charge in [-0.1, -0.05) is 0 Å². The molecule has 1 aromatic rings. The van der Waals surface area contributed by atoms with Crippen molar-refractivity contribution in [2.24, 2.45) is 0 Å². The van der Waals surface area contributed by atoms with Gasteiger partial charge >= 0.3 is 0 Å². The molecule has 0 atom stereocenters. The van der Waals surface area contributed by atoms with Gasteiger partial charge in [-0.15, -0.1) is 0 Å². The summed E-state index contributed by atoms with van der Waals surface area (Å²) in [4.78, 5) is 3.94. The third-order valence-corrected chi connectivity index (χ3v) is 1.03. The van der Waals surface area contributed by atoms with E-state index in [-0.39, 0.29) is 0 Å². The van der Waals surface area contributed by atoms with E-state index in [0.717, 1.165) is 5.69 Å². The maximum absolute atomic E-state index is 8.38. The van der Waals surface area contributed by atoms with Crippen molar-refractivity contribution in [2.75, 3.05) is 5.48 Å². The molecule has 0 fully saturated rings. The van der Waals surface area contributed by atoms with Gasteiger partial charge in [0.25, 0.3) is 0 Å². The fourth-order valence-corrected chi connectivity index (χ4v) is 0.615. The van der Waals surface area contributed by atoms with Crippen molar-refractivity contribution >= 4 is 5.69 Å². The van der Waals surface area contributed by atoms with Gasteiger partial charge in [0.2, 0.25) is 0 Å². The van der Waals surface area contributed by atoms with Crippen LogP contribution < -0.4 is 5.48 Å². The van der Waals surface area contributed by atoms with Crippen molar-refractivity contribution in [1.82, 2.24) is 4.98 Å². The summed E-state index contributed by atoms with van der Waals surface area (Å²) in [5.74, 6) is 0. The van der Waals surface area contributed by atoms with Crippen LogP contribution in [0.1, 0.15) is 5.69 Å². The van der Waals surface area contributed by atoms with Crippen molar-refractivity contribution in [3.05, 3.63) is 24.0 Å². The summed E-state index contributed by atoms with van der Waals surface area (Å²) in [6, 6.07) is 3.44. The monoisotopic (exact) mass is 124 g/mol. The second-order valence-electron chi connectivity index (χ2n) is 1.80. The molecule has 9 heavy (non-hydrogen) atoms. The molecule has 0 saturated heterocycles. The highest BCUT2D eigenvalue weighted by molar-refractivity contribution is 5.40. The van der Waals surface area contributed by atoms with Gasteiger partial charge in [0.1, 0.15) is 0 Å². The van der Waals surface area contributed by atoms with Gasteiger partial charge < -0.3 is 0 Å². The predicted molar refractivity (Wildman–Crippen MR) is 34.4 cm³/mol. The lowest BCUT2D eigenvalue weighted by Crippen LogP contribution is -1.89. The minimum Gasteiger partial charge on any atom is -0.291 e. The second-order valence-corrected chi connectivity index (χ2v) is 1.80. The fourth-order valence-electron chi connectivity index (χ4n) is 0.615. The molecule has 0 aliphatic rings. The van der Waals surface area contributed by atoms with Crippen LogP contribution in [0.15, 0.2) is 18.3 Å². The SMILES string of the molecule is Cc1cc(NO)ccn1. The number of pyridine rings is 1. The Morgan fingerprint density at radius 1 is 1.67 bits per heavy atom. The summed E-state index contributed by atoms with van der Waals surface area (Å²) in [6.07, 6.45) is 1.63. The zero-order chi connectivity index (χ0) is 6.69. The quantitative estimate of drug-likeness (QED) is 0.553. The molecule has 48 valence electrons. The Kier molecular flexibility index (Phi) is 1.65. The maximum Gasteiger partial charge on any atom is 0.0635 e. The molecule has 0 spiro atoms. The van der Waals surface area contributed by atoms with E-state index < -0.39 is 0 Å². The lowest BCUT2D eigenvalue weighted by atomic mass is 10.3. The number of nitrogens with zero attached hydrogens (tertiary/aromatic N) is 1. The molecule has 3 nitrogen and oxygen atoms in total. The number of hydrogen-bond acceptors (Lipinski definition) is 3. The Morgan fingerprint density at radius 2 is 2.44 bits per heavy atom. The van der Waals surface area contributed by atoms with Crippen LogP contribution in [-0.2, 0) is 0 Å². The van der Waals surface area contributed by atoms with E-state index in [1.807, 2.05) is 12.4 Å². The van der Waals surface area contributed by atoms with Crippen molar-refractivity contribution in [1.29, 1.82) is 0 Å². The van der Waals surface area contributed by atoms with Crippen LogP contribution in [0, 0.1) is 6.92 Å². The van der Waals surface area contributed by atoms with Crippen molar-refractivity contribution in [2.45, 2.75) is 6.92 Å². The van der Waals surface area contributed by atoms with Crippen LogP contribution in [0.2, 0.25) is 0 Å². The normalized spacial score (nSPS) is 9.11. The minimum absolute atomic E-state index is 0.669. The summed E-state index contributed by atoms with van der Waals surface area (Å²) in [5.41, 5.74) is 3.58. The molecule has 1 aromatic heterocycles. The first-order chi connectivity index (χ1) is 4.33. The molecular formula is C6H8N2O. The lowest BCUT2D eigenvalue weighted by Gasteiger charge is -1.96. The van der Waals surface area contributed by atoms with E-state index in [1.54, 1.807) is 18.3 Å². The number of rotatable bonds is 1. The second kappa shape index (κ2) is 2.46. The molecule has 0 aliphatic heterocycles. The Bertz CT molecular complexity index is 200. The maximum atomic E-state index is 8.38. The van der Waals surface area contributed by atoms with Gasteiger partial charge in [0, 0.05) is 11.9 Å². The molecule has 0 radical (unpaired) electrons. The van der Waals surface area contributed by atoms with Crippen molar-refractivity contribution in [3.8, 4) is 0 Å². The zero-order valence-electron chi connectivity index (χ0n) is 5.13. The standard InChI is InChI=1S/C6H8N2O/c1-5-4-6(8-9)2-3-7-5/h2-4,9H,1H3,(H,7,8). The van der Waals surface area contributed by atoms with E-state index in [1.165, 1.54) is 0 Å². The highest BCUT2D eigenvalue weighted by Gasteiger charge is 1.87. The van der Waals surface area contributed by atoms with Crippen molar-refractivity contribution < 1.29 is 5.21 Å². The van der Waals surface area contributed by atoms with Crippen LogP contribution in [0.3, 0.4) is 0 Å². The molecule has 3 heteroatoms. The largest absolute Gasteiger partial charge is 0.291 e. The smallest absolute Gasteiger partial charge is 0.0635 e. The Balaban J connectivity index is 2.94. The Labute approximate surface area is 53.3 Å². The Morgan fingerprint density at radius 3 is 2.89 bits per heavy atom. The summed E-state index contributed by atoms with van der Waals surface area (Å²) in [5, 5.41) is 8.38. The Hall–Kier alpha value is -1.09. The predicted octanol–water partition coefficient (Wildman–Crippen LogP) is 1.19. The molecule has 0 aliphatic carbocycles. The number of nitrogens with one attached hydrogen (secondary N) is 1. The third-order valence-electron chi connectivity index (χ3n) is 1.03. The van der Waals surface area contributed by atoms with Crippen LogP contribution in [0.4, 0.5) is 5.69 Å². The van der Waals surface area contributed by atoms with Crippen LogP contribution in [-0.4, -0.2) is 10.2 Å². The van der Waals surface area contributed by atoms with Gasteiger partial charge in [0.15, 0.2) is 0 Å².